The van der Waals surface area contributed by atoms with Crippen LogP contribution in [-0.4, -0.2) is 55.2 Å². The summed E-state index contributed by atoms with van der Waals surface area (Å²) in [6.07, 6.45) is 3.26. The van der Waals surface area contributed by atoms with E-state index in [1.807, 2.05) is 61.5 Å². The highest BCUT2D eigenvalue weighted by molar-refractivity contribution is 6.07. The highest BCUT2D eigenvalue weighted by Crippen LogP contribution is 2.25. The number of benzene rings is 2. The molecular weight excluding hydrogens is 386 g/mol. The molecular formula is C26H31N3O2. The molecule has 1 N–H and O–H groups in total. The van der Waals surface area contributed by atoms with Gasteiger partial charge in [0.15, 0.2) is 0 Å². The van der Waals surface area contributed by atoms with E-state index in [9.17, 15) is 4.79 Å². The summed E-state index contributed by atoms with van der Waals surface area (Å²) >= 11 is 0. The number of amides is 1. The van der Waals surface area contributed by atoms with Crippen LogP contribution in [0, 0.1) is 6.92 Å². The van der Waals surface area contributed by atoms with Crippen molar-refractivity contribution in [3.63, 3.8) is 0 Å². The van der Waals surface area contributed by atoms with Gasteiger partial charge in [0.05, 0.1) is 30.0 Å². The molecule has 4 rings (SSSR count). The van der Waals surface area contributed by atoms with Crippen LogP contribution in [-0.2, 0) is 4.74 Å². The van der Waals surface area contributed by atoms with E-state index in [-0.39, 0.29) is 5.91 Å². The Bertz CT molecular complexity index is 1010. The largest absolute Gasteiger partial charge is 0.379 e. The average Bonchev–Trinajstić information content (AvgIpc) is 2.81. The first-order valence-corrected chi connectivity index (χ1v) is 11.3. The zero-order valence-electron chi connectivity index (χ0n) is 18.3. The molecule has 1 saturated heterocycles. The van der Waals surface area contributed by atoms with Crippen LogP contribution < -0.4 is 5.32 Å². The molecule has 0 aliphatic carbocycles. The first-order valence-electron chi connectivity index (χ1n) is 11.3. The Morgan fingerprint density at radius 3 is 2.65 bits per heavy atom. The Balaban J connectivity index is 1.40. The normalized spacial score (nSPS) is 14.6. The predicted octanol–water partition coefficient (Wildman–Crippen LogP) is 4.44. The summed E-state index contributed by atoms with van der Waals surface area (Å²) in [6, 6.07) is 18.0. The van der Waals surface area contributed by atoms with Gasteiger partial charge in [-0.15, -0.1) is 0 Å². The van der Waals surface area contributed by atoms with Crippen LogP contribution in [0.25, 0.3) is 22.2 Å². The van der Waals surface area contributed by atoms with Gasteiger partial charge < -0.3 is 10.1 Å². The van der Waals surface area contributed by atoms with Gasteiger partial charge in [0.2, 0.25) is 0 Å². The molecule has 1 amide bonds. The smallest absolute Gasteiger partial charge is 0.252 e. The predicted molar refractivity (Wildman–Crippen MR) is 125 cm³/mol. The van der Waals surface area contributed by atoms with Crippen LogP contribution in [0.5, 0.6) is 0 Å². The molecule has 0 radical (unpaired) electrons. The van der Waals surface area contributed by atoms with Crippen molar-refractivity contribution in [2.75, 3.05) is 39.4 Å². The minimum absolute atomic E-state index is 0.0247. The molecule has 5 heteroatoms. The molecule has 0 spiro atoms. The Labute approximate surface area is 184 Å². The third-order valence-corrected chi connectivity index (χ3v) is 5.82. The standard InChI is InChI=1S/C26H31N3O2/c1-20-10-11-24-22(18-20)23(19-25(28-24)21-8-4-2-5-9-21)26(30)27-12-6-3-7-13-29-14-16-31-17-15-29/h2,4-5,8-11,18-19H,3,6-7,12-17H2,1H3,(H,27,30). The third kappa shape index (κ3) is 5.69. The van der Waals surface area contributed by atoms with Crippen molar-refractivity contribution < 1.29 is 9.53 Å². The number of hydrogen-bond donors (Lipinski definition) is 1. The van der Waals surface area contributed by atoms with Crippen molar-refractivity contribution in [2.45, 2.75) is 26.2 Å². The van der Waals surface area contributed by atoms with Crippen molar-refractivity contribution in [3.8, 4) is 11.3 Å². The number of aromatic nitrogens is 1. The van der Waals surface area contributed by atoms with Gasteiger partial charge in [0.25, 0.3) is 5.91 Å². The van der Waals surface area contributed by atoms with Crippen molar-refractivity contribution in [1.29, 1.82) is 0 Å². The van der Waals surface area contributed by atoms with E-state index in [4.69, 9.17) is 9.72 Å². The SMILES string of the molecule is Cc1ccc2nc(-c3ccccc3)cc(C(=O)NCCCCCN3CCOCC3)c2c1. The van der Waals surface area contributed by atoms with E-state index in [2.05, 4.69) is 10.2 Å². The van der Waals surface area contributed by atoms with Crippen molar-refractivity contribution >= 4 is 16.8 Å². The second-order valence-electron chi connectivity index (χ2n) is 8.21. The van der Waals surface area contributed by atoms with Gasteiger partial charge in [-0.3, -0.25) is 9.69 Å². The number of aryl methyl sites for hydroxylation is 1. The molecule has 1 fully saturated rings. The van der Waals surface area contributed by atoms with Gasteiger partial charge >= 0.3 is 0 Å². The summed E-state index contributed by atoms with van der Waals surface area (Å²) in [6.45, 7) is 7.62. The number of nitrogens with zero attached hydrogens (tertiary/aromatic N) is 2. The van der Waals surface area contributed by atoms with Crippen LogP contribution in [0.1, 0.15) is 35.2 Å². The number of nitrogens with one attached hydrogen (secondary N) is 1. The first-order chi connectivity index (χ1) is 15.2. The Kier molecular flexibility index (Phi) is 7.28. The lowest BCUT2D eigenvalue weighted by atomic mass is 10.0. The fourth-order valence-electron chi connectivity index (χ4n) is 4.04. The van der Waals surface area contributed by atoms with E-state index in [1.165, 1.54) is 0 Å². The third-order valence-electron chi connectivity index (χ3n) is 5.82. The summed E-state index contributed by atoms with van der Waals surface area (Å²) in [5, 5.41) is 4.03. The number of hydrogen-bond acceptors (Lipinski definition) is 4. The molecule has 0 saturated carbocycles. The van der Waals surface area contributed by atoms with Gasteiger partial charge in [0.1, 0.15) is 0 Å². The van der Waals surface area contributed by atoms with Gasteiger partial charge in [-0.2, -0.15) is 0 Å². The number of rotatable bonds is 8. The Hall–Kier alpha value is -2.76. The van der Waals surface area contributed by atoms with E-state index in [1.54, 1.807) is 0 Å². The quantitative estimate of drug-likeness (QED) is 0.551. The van der Waals surface area contributed by atoms with E-state index < -0.39 is 0 Å². The minimum Gasteiger partial charge on any atom is -0.379 e. The maximum absolute atomic E-state index is 13.1. The maximum atomic E-state index is 13.1. The summed E-state index contributed by atoms with van der Waals surface area (Å²) < 4.78 is 5.39. The summed E-state index contributed by atoms with van der Waals surface area (Å²) in [7, 11) is 0. The number of ether oxygens (including phenoxy) is 1. The zero-order chi connectivity index (χ0) is 21.5. The van der Waals surface area contributed by atoms with Gasteiger partial charge in [-0.1, -0.05) is 48.4 Å². The second-order valence-corrected chi connectivity index (χ2v) is 8.21. The van der Waals surface area contributed by atoms with Crippen molar-refractivity contribution in [3.05, 3.63) is 65.7 Å². The van der Waals surface area contributed by atoms with E-state index in [0.29, 0.717) is 12.1 Å². The number of morpholine rings is 1. The fourth-order valence-corrected chi connectivity index (χ4v) is 4.04. The zero-order valence-corrected chi connectivity index (χ0v) is 18.3. The number of carbonyl (C=O) groups excluding carboxylic acids is 1. The molecule has 5 nitrogen and oxygen atoms in total. The van der Waals surface area contributed by atoms with Gasteiger partial charge in [-0.25, -0.2) is 4.98 Å². The van der Waals surface area contributed by atoms with Gasteiger partial charge in [-0.05, 0) is 44.5 Å². The lowest BCUT2D eigenvalue weighted by Crippen LogP contribution is -2.36. The number of carbonyl (C=O) groups is 1. The van der Waals surface area contributed by atoms with Crippen molar-refractivity contribution in [1.82, 2.24) is 15.2 Å². The van der Waals surface area contributed by atoms with E-state index >= 15 is 0 Å². The topological polar surface area (TPSA) is 54.5 Å². The summed E-state index contributed by atoms with van der Waals surface area (Å²) in [5.74, 6) is -0.0247. The Morgan fingerprint density at radius 1 is 1.03 bits per heavy atom. The van der Waals surface area contributed by atoms with Crippen LogP contribution >= 0.6 is 0 Å². The highest BCUT2D eigenvalue weighted by Gasteiger charge is 2.14. The number of unbranched alkanes of at least 4 members (excludes halogenated alkanes) is 2. The number of pyridine rings is 1. The lowest BCUT2D eigenvalue weighted by Gasteiger charge is -2.26. The second kappa shape index (κ2) is 10.5. The molecule has 0 unspecified atom stereocenters. The summed E-state index contributed by atoms with van der Waals surface area (Å²) in [5.41, 5.74) is 4.51. The molecule has 162 valence electrons. The summed E-state index contributed by atoms with van der Waals surface area (Å²) in [4.78, 5) is 20.3. The molecule has 1 aliphatic heterocycles. The fraction of sp³-hybridized carbons (Fsp3) is 0.385. The molecule has 0 atom stereocenters. The van der Waals surface area contributed by atoms with Crippen LogP contribution in [0.3, 0.4) is 0 Å². The van der Waals surface area contributed by atoms with Crippen LogP contribution in [0.15, 0.2) is 54.6 Å². The molecule has 1 aromatic heterocycles. The monoisotopic (exact) mass is 417 g/mol. The molecule has 3 aromatic rings. The first kappa shape index (κ1) is 21.5. The van der Waals surface area contributed by atoms with Crippen LogP contribution in [0.4, 0.5) is 0 Å². The Morgan fingerprint density at radius 2 is 1.84 bits per heavy atom. The van der Waals surface area contributed by atoms with Gasteiger partial charge in [0, 0.05) is 30.6 Å². The molecule has 1 aliphatic rings. The number of fused-ring (bicyclic) bond motifs is 1. The lowest BCUT2D eigenvalue weighted by molar-refractivity contribution is 0.0371. The minimum atomic E-state index is -0.0247. The molecule has 2 aromatic carbocycles. The highest BCUT2D eigenvalue weighted by atomic mass is 16.5. The molecule has 2 heterocycles. The maximum Gasteiger partial charge on any atom is 0.252 e. The van der Waals surface area contributed by atoms with Crippen molar-refractivity contribution in [2.24, 2.45) is 0 Å². The van der Waals surface area contributed by atoms with Crippen LogP contribution in [0.2, 0.25) is 0 Å². The molecule has 31 heavy (non-hydrogen) atoms. The average molecular weight is 418 g/mol. The van der Waals surface area contributed by atoms with E-state index in [0.717, 1.165) is 79.8 Å². The molecule has 0 bridgehead atoms.